The van der Waals surface area contributed by atoms with Gasteiger partial charge in [-0.1, -0.05) is 18.2 Å². The highest BCUT2D eigenvalue weighted by Gasteiger charge is 2.17. The number of nitro groups is 1. The van der Waals surface area contributed by atoms with E-state index in [4.69, 9.17) is 0 Å². The van der Waals surface area contributed by atoms with Gasteiger partial charge in [-0.25, -0.2) is 4.79 Å². The van der Waals surface area contributed by atoms with E-state index >= 15 is 0 Å². The van der Waals surface area contributed by atoms with E-state index in [9.17, 15) is 24.5 Å². The smallest absolute Gasteiger partial charge is 0.337 e. The summed E-state index contributed by atoms with van der Waals surface area (Å²) in [5.74, 6) is -1.78. The summed E-state index contributed by atoms with van der Waals surface area (Å²) >= 11 is 3.31. The number of hydrogen-bond acceptors (Lipinski definition) is 6. The number of rotatable bonds is 7. The monoisotopic (exact) mass is 523 g/mol. The third kappa shape index (κ3) is 6.14. The minimum atomic E-state index is -0.666. The van der Waals surface area contributed by atoms with Gasteiger partial charge in [-0.05, 0) is 70.0 Å². The van der Waals surface area contributed by atoms with Gasteiger partial charge in [0.15, 0.2) is 0 Å². The molecule has 0 spiro atoms. The molecule has 2 N–H and O–H groups in total. The predicted octanol–water partition coefficient (Wildman–Crippen LogP) is 4.55. The molecule has 0 unspecified atom stereocenters. The van der Waals surface area contributed by atoms with Crippen molar-refractivity contribution in [2.75, 3.05) is 12.4 Å². The van der Waals surface area contributed by atoms with Crippen LogP contribution >= 0.6 is 15.9 Å². The molecule has 3 rings (SSSR count). The lowest BCUT2D eigenvalue weighted by Crippen LogP contribution is -2.31. The van der Waals surface area contributed by atoms with Crippen LogP contribution in [0.5, 0.6) is 0 Å². The highest BCUT2D eigenvalue weighted by Crippen LogP contribution is 2.19. The molecule has 0 saturated carbocycles. The normalized spacial score (nSPS) is 10.8. The van der Waals surface area contributed by atoms with E-state index < -0.39 is 22.7 Å². The molecule has 0 fully saturated rings. The number of esters is 1. The van der Waals surface area contributed by atoms with Crippen molar-refractivity contribution in [3.63, 3.8) is 0 Å². The number of nitro benzene ring substituents is 1. The van der Waals surface area contributed by atoms with E-state index in [0.717, 1.165) is 0 Å². The Bertz CT molecular complexity index is 1290. The van der Waals surface area contributed by atoms with Crippen LogP contribution < -0.4 is 10.6 Å². The molecule has 34 heavy (non-hydrogen) atoms. The van der Waals surface area contributed by atoms with Crippen LogP contribution in [0.3, 0.4) is 0 Å². The summed E-state index contributed by atoms with van der Waals surface area (Å²) in [4.78, 5) is 48.1. The fourth-order valence-electron chi connectivity index (χ4n) is 2.89. The number of carbonyl (C=O) groups is 3. The molecule has 172 valence electrons. The minimum absolute atomic E-state index is 0.111. The Balaban J connectivity index is 1.92. The average molecular weight is 524 g/mol. The number of methoxy groups -OCH3 is 1. The number of carbonyl (C=O) groups excluding carboxylic acids is 3. The van der Waals surface area contributed by atoms with E-state index in [2.05, 4.69) is 31.3 Å². The van der Waals surface area contributed by atoms with Gasteiger partial charge in [0.25, 0.3) is 17.5 Å². The fourth-order valence-corrected chi connectivity index (χ4v) is 3.36. The largest absolute Gasteiger partial charge is 0.465 e. The second kappa shape index (κ2) is 11.0. The Labute approximate surface area is 202 Å². The summed E-state index contributed by atoms with van der Waals surface area (Å²) in [6.07, 6.45) is 1.39. The van der Waals surface area contributed by atoms with Crippen LogP contribution in [0.2, 0.25) is 0 Å². The van der Waals surface area contributed by atoms with Gasteiger partial charge < -0.3 is 15.4 Å². The number of non-ortho nitro benzene ring substituents is 1. The summed E-state index contributed by atoms with van der Waals surface area (Å²) < 4.78 is 5.23. The molecule has 2 amide bonds. The SMILES string of the molecule is COC(=O)c1cccc(NC(=O)/C(=C\c2ccc([N+](=O)[O-])cc2)NC(=O)c2ccccc2Br)c1. The van der Waals surface area contributed by atoms with Gasteiger partial charge in [-0.15, -0.1) is 0 Å². The molecule has 0 aromatic heterocycles. The summed E-state index contributed by atoms with van der Waals surface area (Å²) in [7, 11) is 1.25. The number of hydrogen-bond donors (Lipinski definition) is 2. The molecule has 9 nitrogen and oxygen atoms in total. The maximum absolute atomic E-state index is 13.1. The molecular weight excluding hydrogens is 506 g/mol. The van der Waals surface area contributed by atoms with Crippen LogP contribution in [0.1, 0.15) is 26.3 Å². The molecule has 0 bridgehead atoms. The van der Waals surface area contributed by atoms with Crippen molar-refractivity contribution in [1.29, 1.82) is 0 Å². The van der Waals surface area contributed by atoms with Crippen molar-refractivity contribution in [2.24, 2.45) is 0 Å². The maximum Gasteiger partial charge on any atom is 0.337 e. The van der Waals surface area contributed by atoms with E-state index in [1.807, 2.05) is 0 Å². The molecule has 0 aliphatic heterocycles. The zero-order valence-electron chi connectivity index (χ0n) is 17.8. The zero-order chi connectivity index (χ0) is 24.7. The minimum Gasteiger partial charge on any atom is -0.465 e. The number of anilines is 1. The van der Waals surface area contributed by atoms with Crippen LogP contribution in [0.4, 0.5) is 11.4 Å². The molecule has 0 radical (unpaired) electrons. The first-order valence-electron chi connectivity index (χ1n) is 9.80. The van der Waals surface area contributed by atoms with Crippen molar-refractivity contribution >= 4 is 51.2 Å². The van der Waals surface area contributed by atoms with Crippen LogP contribution in [0.15, 0.2) is 83.0 Å². The fraction of sp³-hybridized carbons (Fsp3) is 0.0417. The van der Waals surface area contributed by atoms with Crippen molar-refractivity contribution in [1.82, 2.24) is 5.32 Å². The van der Waals surface area contributed by atoms with Gasteiger partial charge >= 0.3 is 5.97 Å². The summed E-state index contributed by atoms with van der Waals surface area (Å²) in [6.45, 7) is 0. The lowest BCUT2D eigenvalue weighted by Gasteiger charge is -2.12. The molecular formula is C24H18BrN3O6. The van der Waals surface area contributed by atoms with Crippen LogP contribution in [-0.4, -0.2) is 29.8 Å². The molecule has 3 aromatic carbocycles. The van der Waals surface area contributed by atoms with E-state index in [1.165, 1.54) is 49.6 Å². The van der Waals surface area contributed by atoms with E-state index in [-0.39, 0.29) is 16.9 Å². The number of nitrogens with one attached hydrogen (secondary N) is 2. The first-order chi connectivity index (χ1) is 16.3. The number of halogens is 1. The van der Waals surface area contributed by atoms with E-state index in [0.29, 0.717) is 21.3 Å². The Kier molecular flexibility index (Phi) is 7.88. The van der Waals surface area contributed by atoms with Gasteiger partial charge in [0, 0.05) is 22.3 Å². The number of ether oxygens (including phenoxy) is 1. The van der Waals surface area contributed by atoms with Gasteiger partial charge in [0.05, 0.1) is 23.2 Å². The third-order valence-corrected chi connectivity index (χ3v) is 5.26. The topological polar surface area (TPSA) is 128 Å². The molecule has 10 heteroatoms. The molecule has 0 atom stereocenters. The number of amides is 2. The molecule has 0 aliphatic carbocycles. The number of nitrogens with zero attached hydrogens (tertiary/aromatic N) is 1. The first kappa shape index (κ1) is 24.3. The number of benzene rings is 3. The van der Waals surface area contributed by atoms with Crippen LogP contribution in [0.25, 0.3) is 6.08 Å². The van der Waals surface area contributed by atoms with Crippen LogP contribution in [0, 0.1) is 10.1 Å². The Morgan fingerprint density at radius 2 is 1.71 bits per heavy atom. The maximum atomic E-state index is 13.1. The molecule has 0 heterocycles. The Hall–Kier alpha value is -4.31. The summed E-state index contributed by atoms with van der Waals surface area (Å²) in [6, 6.07) is 18.3. The van der Waals surface area contributed by atoms with E-state index in [1.54, 1.807) is 36.4 Å². The molecule has 0 aliphatic rings. The second-order valence-corrected chi connectivity index (χ2v) is 7.72. The predicted molar refractivity (Wildman–Crippen MR) is 129 cm³/mol. The van der Waals surface area contributed by atoms with Gasteiger partial charge in [-0.3, -0.25) is 19.7 Å². The lowest BCUT2D eigenvalue weighted by atomic mass is 10.1. The standard InChI is InChI=1S/C24H18BrN3O6/c1-34-24(31)16-5-4-6-17(14-16)26-23(30)21(13-15-9-11-18(12-10-15)28(32)33)27-22(29)19-7-2-3-8-20(19)25/h2-14H,1H3,(H,26,30)(H,27,29)/b21-13+. The zero-order valence-corrected chi connectivity index (χ0v) is 19.4. The van der Waals surface area contributed by atoms with Crippen molar-refractivity contribution < 1.29 is 24.0 Å². The summed E-state index contributed by atoms with van der Waals surface area (Å²) in [5, 5.41) is 16.1. The average Bonchev–Trinajstić information content (AvgIpc) is 2.83. The van der Waals surface area contributed by atoms with Gasteiger partial charge in [0.1, 0.15) is 5.70 Å². The van der Waals surface area contributed by atoms with Gasteiger partial charge in [-0.2, -0.15) is 0 Å². The first-order valence-corrected chi connectivity index (χ1v) is 10.6. The Morgan fingerprint density at radius 1 is 1.00 bits per heavy atom. The van der Waals surface area contributed by atoms with Crippen LogP contribution in [-0.2, 0) is 9.53 Å². The molecule has 0 saturated heterocycles. The van der Waals surface area contributed by atoms with Gasteiger partial charge in [0.2, 0.25) is 0 Å². The molecule has 3 aromatic rings. The summed E-state index contributed by atoms with van der Waals surface area (Å²) in [5.41, 5.74) is 1.07. The van der Waals surface area contributed by atoms with Crippen molar-refractivity contribution in [2.45, 2.75) is 0 Å². The highest BCUT2D eigenvalue weighted by atomic mass is 79.9. The highest BCUT2D eigenvalue weighted by molar-refractivity contribution is 9.10. The Morgan fingerprint density at radius 3 is 2.35 bits per heavy atom. The van der Waals surface area contributed by atoms with Crippen molar-refractivity contribution in [3.05, 3.63) is 110 Å². The third-order valence-electron chi connectivity index (χ3n) is 4.57. The van der Waals surface area contributed by atoms with Crippen molar-refractivity contribution in [3.8, 4) is 0 Å². The quantitative estimate of drug-likeness (QED) is 0.202. The second-order valence-electron chi connectivity index (χ2n) is 6.87. The lowest BCUT2D eigenvalue weighted by molar-refractivity contribution is -0.384.